The molecule has 0 aliphatic heterocycles. The average Bonchev–Trinajstić information content (AvgIpc) is 2.17. The van der Waals surface area contributed by atoms with Gasteiger partial charge < -0.3 is 0 Å². The summed E-state index contributed by atoms with van der Waals surface area (Å²) in [6, 6.07) is 8.13. The Morgan fingerprint density at radius 3 is 2.12 bits per heavy atom. The number of hydrogen-bond acceptors (Lipinski definition) is 1. The monoisotopic (exact) mass is 258 g/mol. The van der Waals surface area contributed by atoms with Crippen LogP contribution >= 0.6 is 23.2 Å². The smallest absolute Gasteiger partial charge is 0.239 e. The van der Waals surface area contributed by atoms with E-state index in [1.165, 1.54) is 5.56 Å². The lowest BCUT2D eigenvalue weighted by Crippen LogP contribution is -2.13. The summed E-state index contributed by atoms with van der Waals surface area (Å²) in [7, 11) is 0. The highest BCUT2D eigenvalue weighted by atomic mass is 35.5. The minimum Gasteiger partial charge on any atom is -0.280 e. The fraction of sp³-hybridized carbons (Fsp3) is 0.462. The summed E-state index contributed by atoms with van der Waals surface area (Å²) in [6.45, 7) is 6.48. The van der Waals surface area contributed by atoms with Crippen molar-refractivity contribution < 1.29 is 4.79 Å². The molecular formula is C13H16Cl2O. The summed E-state index contributed by atoms with van der Waals surface area (Å²) in [4.78, 5) is 10.8. The van der Waals surface area contributed by atoms with Crippen molar-refractivity contribution in [3.63, 3.8) is 0 Å². The van der Waals surface area contributed by atoms with E-state index in [1.807, 2.05) is 12.1 Å². The first kappa shape index (κ1) is 13.5. The maximum Gasteiger partial charge on any atom is 0.239 e. The van der Waals surface area contributed by atoms with Gasteiger partial charge in [0.05, 0.1) is 0 Å². The minimum absolute atomic E-state index is 0.140. The Labute approximate surface area is 107 Å². The van der Waals surface area contributed by atoms with Crippen molar-refractivity contribution in [2.24, 2.45) is 0 Å². The van der Waals surface area contributed by atoms with Crippen molar-refractivity contribution in [1.82, 2.24) is 0 Å². The predicted octanol–water partition coefficient (Wildman–Crippen LogP) is 3.90. The van der Waals surface area contributed by atoms with E-state index in [1.54, 1.807) is 0 Å². The van der Waals surface area contributed by atoms with Gasteiger partial charge in [0.1, 0.15) is 5.38 Å². The molecule has 1 nitrogen and oxygen atoms in total. The Morgan fingerprint density at radius 2 is 1.75 bits per heavy atom. The van der Waals surface area contributed by atoms with E-state index in [-0.39, 0.29) is 5.41 Å². The molecule has 0 N–H and O–H groups in total. The van der Waals surface area contributed by atoms with Crippen molar-refractivity contribution >= 4 is 28.4 Å². The Balaban J connectivity index is 2.76. The first-order valence-electron chi connectivity index (χ1n) is 5.23. The second-order valence-corrected chi connectivity index (χ2v) is 5.82. The predicted molar refractivity (Wildman–Crippen MR) is 69.3 cm³/mol. The van der Waals surface area contributed by atoms with Gasteiger partial charge in [0.15, 0.2) is 0 Å². The van der Waals surface area contributed by atoms with Crippen LogP contribution in [0.4, 0.5) is 0 Å². The molecule has 3 heteroatoms. The molecule has 1 aromatic rings. The van der Waals surface area contributed by atoms with E-state index in [9.17, 15) is 4.79 Å². The van der Waals surface area contributed by atoms with Crippen LogP contribution in [-0.2, 0) is 16.6 Å². The van der Waals surface area contributed by atoms with Crippen LogP contribution in [0.2, 0.25) is 0 Å². The normalized spacial score (nSPS) is 13.6. The number of carbonyl (C=O) groups is 1. The van der Waals surface area contributed by atoms with Gasteiger partial charge >= 0.3 is 0 Å². The summed E-state index contributed by atoms with van der Waals surface area (Å²) in [5.41, 5.74) is 2.43. The largest absolute Gasteiger partial charge is 0.280 e. The molecule has 1 aromatic carbocycles. The van der Waals surface area contributed by atoms with Gasteiger partial charge in [-0.2, -0.15) is 0 Å². The highest BCUT2D eigenvalue weighted by Gasteiger charge is 2.15. The van der Waals surface area contributed by atoms with E-state index >= 15 is 0 Å². The van der Waals surface area contributed by atoms with E-state index in [4.69, 9.17) is 23.2 Å². The fourth-order valence-electron chi connectivity index (χ4n) is 1.43. The van der Waals surface area contributed by atoms with Gasteiger partial charge in [0.25, 0.3) is 0 Å². The molecule has 0 fully saturated rings. The standard InChI is InChI=1S/C13H16Cl2O/c1-13(2,3)10-6-4-9(5-7-10)8-11(14)12(15)16/h4-7,11H,8H2,1-3H3. The van der Waals surface area contributed by atoms with Crippen molar-refractivity contribution in [2.45, 2.75) is 38.0 Å². The van der Waals surface area contributed by atoms with Gasteiger partial charge in [-0.1, -0.05) is 45.0 Å². The molecule has 88 valence electrons. The highest BCUT2D eigenvalue weighted by molar-refractivity contribution is 6.69. The van der Waals surface area contributed by atoms with Gasteiger partial charge in [-0.25, -0.2) is 0 Å². The number of carbonyl (C=O) groups excluding carboxylic acids is 1. The molecule has 0 spiro atoms. The molecule has 0 saturated heterocycles. The van der Waals surface area contributed by atoms with Crippen LogP contribution in [0.3, 0.4) is 0 Å². The highest BCUT2D eigenvalue weighted by Crippen LogP contribution is 2.23. The Morgan fingerprint density at radius 1 is 1.25 bits per heavy atom. The molecule has 16 heavy (non-hydrogen) atoms. The fourth-order valence-corrected chi connectivity index (χ4v) is 1.68. The van der Waals surface area contributed by atoms with Gasteiger partial charge in [0.2, 0.25) is 5.24 Å². The summed E-state index contributed by atoms with van der Waals surface area (Å²) < 4.78 is 0. The average molecular weight is 259 g/mol. The summed E-state index contributed by atoms with van der Waals surface area (Å²) in [6.07, 6.45) is 0.480. The zero-order valence-corrected chi connectivity index (χ0v) is 11.3. The molecule has 0 aliphatic rings. The minimum atomic E-state index is -0.637. The third kappa shape index (κ3) is 3.80. The third-order valence-electron chi connectivity index (χ3n) is 2.48. The van der Waals surface area contributed by atoms with E-state index in [2.05, 4.69) is 32.9 Å². The van der Waals surface area contributed by atoms with Gasteiger partial charge in [-0.05, 0) is 34.6 Å². The third-order valence-corrected chi connectivity index (χ3v) is 3.21. The first-order valence-corrected chi connectivity index (χ1v) is 6.05. The van der Waals surface area contributed by atoms with E-state index < -0.39 is 10.6 Å². The van der Waals surface area contributed by atoms with Crippen molar-refractivity contribution in [1.29, 1.82) is 0 Å². The van der Waals surface area contributed by atoms with Crippen LogP contribution in [-0.4, -0.2) is 10.6 Å². The number of hydrogen-bond donors (Lipinski definition) is 0. The first-order chi connectivity index (χ1) is 7.30. The summed E-state index contributed by atoms with van der Waals surface area (Å²) in [5, 5.41) is -1.14. The number of benzene rings is 1. The van der Waals surface area contributed by atoms with E-state index in [0.717, 1.165) is 5.56 Å². The molecule has 0 saturated carbocycles. The Hall–Kier alpha value is -0.530. The zero-order valence-electron chi connectivity index (χ0n) is 9.76. The number of alkyl halides is 1. The lowest BCUT2D eigenvalue weighted by molar-refractivity contribution is -0.111. The molecule has 0 aliphatic carbocycles. The SMILES string of the molecule is CC(C)(C)c1ccc(CC(Cl)C(=O)Cl)cc1. The quantitative estimate of drug-likeness (QED) is 0.594. The maximum absolute atomic E-state index is 10.8. The number of halogens is 2. The van der Waals surface area contributed by atoms with Crippen LogP contribution in [0.5, 0.6) is 0 Å². The molecule has 0 aromatic heterocycles. The van der Waals surface area contributed by atoms with Crippen molar-refractivity contribution in [3.8, 4) is 0 Å². The van der Waals surface area contributed by atoms with Gasteiger partial charge in [-0.3, -0.25) is 4.79 Å². The second-order valence-electron chi connectivity index (χ2n) is 4.92. The molecule has 1 atom stereocenters. The molecule has 1 unspecified atom stereocenters. The molecule has 0 radical (unpaired) electrons. The van der Waals surface area contributed by atoms with Crippen LogP contribution in [0.25, 0.3) is 0 Å². The second kappa shape index (κ2) is 5.20. The molecular weight excluding hydrogens is 243 g/mol. The Bertz CT molecular complexity index is 363. The topological polar surface area (TPSA) is 17.1 Å². The van der Waals surface area contributed by atoms with Gasteiger partial charge in [-0.15, -0.1) is 11.6 Å². The van der Waals surface area contributed by atoms with Crippen LogP contribution < -0.4 is 0 Å². The van der Waals surface area contributed by atoms with Crippen molar-refractivity contribution in [3.05, 3.63) is 35.4 Å². The maximum atomic E-state index is 10.8. The van der Waals surface area contributed by atoms with E-state index in [0.29, 0.717) is 6.42 Å². The molecule has 0 amide bonds. The lowest BCUT2D eigenvalue weighted by Gasteiger charge is -2.19. The molecule has 1 rings (SSSR count). The summed E-state index contributed by atoms with van der Waals surface area (Å²) in [5.74, 6) is 0. The molecule has 0 heterocycles. The summed E-state index contributed by atoms with van der Waals surface area (Å²) >= 11 is 11.1. The van der Waals surface area contributed by atoms with Crippen LogP contribution in [0.15, 0.2) is 24.3 Å². The van der Waals surface area contributed by atoms with Gasteiger partial charge in [0, 0.05) is 0 Å². The van der Waals surface area contributed by atoms with Crippen LogP contribution in [0.1, 0.15) is 31.9 Å². The van der Waals surface area contributed by atoms with Crippen LogP contribution in [0, 0.1) is 0 Å². The van der Waals surface area contributed by atoms with Crippen molar-refractivity contribution in [2.75, 3.05) is 0 Å². The number of rotatable bonds is 3. The molecule has 0 bridgehead atoms. The Kier molecular flexibility index (Phi) is 4.40. The zero-order chi connectivity index (χ0) is 12.3. The lowest BCUT2D eigenvalue weighted by atomic mass is 9.86.